The van der Waals surface area contributed by atoms with Gasteiger partial charge < -0.3 is 10.6 Å². The van der Waals surface area contributed by atoms with Gasteiger partial charge in [0.2, 0.25) is 11.8 Å². The highest BCUT2D eigenvalue weighted by Gasteiger charge is 2.21. The molecule has 1 heterocycles. The molecule has 2 rings (SSSR count). The third-order valence-corrected chi connectivity index (χ3v) is 3.63. The molecule has 20 heavy (non-hydrogen) atoms. The van der Waals surface area contributed by atoms with Crippen molar-refractivity contribution in [3.8, 4) is 0 Å². The maximum atomic E-state index is 11.9. The standard InChI is InChI=1S/C16H22N2O2/c1-12-5-7-13(8-6-12)9-10-15(19)18-14-4-2-3-11-17-16(14)20/h5-8,14H,2-4,9-11H2,1H3,(H,17,20)(H,18,19). The maximum Gasteiger partial charge on any atom is 0.242 e. The van der Waals surface area contributed by atoms with Crippen LogP contribution in [0, 0.1) is 6.92 Å². The van der Waals surface area contributed by atoms with Gasteiger partial charge in [0.15, 0.2) is 0 Å². The number of benzene rings is 1. The summed E-state index contributed by atoms with van der Waals surface area (Å²) in [6, 6.07) is 7.82. The lowest BCUT2D eigenvalue weighted by Crippen LogP contribution is -2.45. The van der Waals surface area contributed by atoms with Crippen molar-refractivity contribution in [2.75, 3.05) is 6.54 Å². The lowest BCUT2D eigenvalue weighted by Gasteiger charge is -2.15. The summed E-state index contributed by atoms with van der Waals surface area (Å²) in [7, 11) is 0. The van der Waals surface area contributed by atoms with Crippen molar-refractivity contribution in [1.82, 2.24) is 10.6 Å². The van der Waals surface area contributed by atoms with Crippen LogP contribution in [0.5, 0.6) is 0 Å². The van der Waals surface area contributed by atoms with Crippen LogP contribution in [0.2, 0.25) is 0 Å². The van der Waals surface area contributed by atoms with Crippen LogP contribution in [-0.4, -0.2) is 24.4 Å². The fraction of sp³-hybridized carbons (Fsp3) is 0.500. The van der Waals surface area contributed by atoms with Crippen LogP contribution in [0.15, 0.2) is 24.3 Å². The van der Waals surface area contributed by atoms with Crippen LogP contribution in [-0.2, 0) is 16.0 Å². The second-order valence-electron chi connectivity index (χ2n) is 5.39. The normalized spacial score (nSPS) is 19.1. The molecule has 4 nitrogen and oxygen atoms in total. The van der Waals surface area contributed by atoms with Crippen molar-refractivity contribution in [1.29, 1.82) is 0 Å². The number of carbonyl (C=O) groups excluding carboxylic acids is 2. The average molecular weight is 274 g/mol. The van der Waals surface area contributed by atoms with Gasteiger partial charge in [-0.1, -0.05) is 29.8 Å². The van der Waals surface area contributed by atoms with E-state index < -0.39 is 0 Å². The van der Waals surface area contributed by atoms with Crippen LogP contribution in [0.3, 0.4) is 0 Å². The average Bonchev–Trinajstić information content (AvgIpc) is 2.64. The Hall–Kier alpha value is -1.84. The highest BCUT2D eigenvalue weighted by molar-refractivity contribution is 5.87. The molecular weight excluding hydrogens is 252 g/mol. The van der Waals surface area contributed by atoms with Gasteiger partial charge in [0.25, 0.3) is 0 Å². The Bertz CT molecular complexity index is 468. The van der Waals surface area contributed by atoms with Crippen LogP contribution in [0.1, 0.15) is 36.8 Å². The first-order valence-corrected chi connectivity index (χ1v) is 7.28. The third-order valence-electron chi connectivity index (χ3n) is 3.63. The first-order chi connectivity index (χ1) is 9.65. The zero-order chi connectivity index (χ0) is 14.4. The molecule has 1 saturated heterocycles. The second-order valence-corrected chi connectivity index (χ2v) is 5.39. The Balaban J connectivity index is 1.79. The first kappa shape index (κ1) is 14.6. The summed E-state index contributed by atoms with van der Waals surface area (Å²) in [5.41, 5.74) is 2.37. The molecular formula is C16H22N2O2. The highest BCUT2D eigenvalue weighted by Crippen LogP contribution is 2.08. The quantitative estimate of drug-likeness (QED) is 0.878. The van der Waals surface area contributed by atoms with Crippen molar-refractivity contribution >= 4 is 11.8 Å². The molecule has 0 aliphatic carbocycles. The van der Waals surface area contributed by atoms with E-state index in [1.165, 1.54) is 5.56 Å². The molecule has 0 radical (unpaired) electrons. The van der Waals surface area contributed by atoms with E-state index in [0.717, 1.165) is 24.8 Å². The van der Waals surface area contributed by atoms with Gasteiger partial charge in [-0.2, -0.15) is 0 Å². The number of nitrogens with one attached hydrogen (secondary N) is 2. The Kier molecular flexibility index (Phi) is 5.16. The minimum Gasteiger partial charge on any atom is -0.354 e. The molecule has 0 spiro atoms. The topological polar surface area (TPSA) is 58.2 Å². The number of amides is 2. The Morgan fingerprint density at radius 1 is 1.30 bits per heavy atom. The van der Waals surface area contributed by atoms with Gasteiger partial charge in [-0.05, 0) is 38.2 Å². The van der Waals surface area contributed by atoms with Gasteiger partial charge in [-0.15, -0.1) is 0 Å². The minimum absolute atomic E-state index is 0.0485. The number of hydrogen-bond donors (Lipinski definition) is 2. The summed E-state index contributed by atoms with van der Waals surface area (Å²) in [6.07, 6.45) is 3.83. The van der Waals surface area contributed by atoms with Crippen LogP contribution >= 0.6 is 0 Å². The molecule has 4 heteroatoms. The number of carbonyl (C=O) groups is 2. The molecule has 0 bridgehead atoms. The summed E-state index contributed by atoms with van der Waals surface area (Å²) in [5, 5.41) is 5.67. The fourth-order valence-corrected chi connectivity index (χ4v) is 2.36. The molecule has 2 amide bonds. The SMILES string of the molecule is Cc1ccc(CCC(=O)NC2CCCCNC2=O)cc1. The maximum absolute atomic E-state index is 11.9. The smallest absolute Gasteiger partial charge is 0.242 e. The predicted octanol–water partition coefficient (Wildman–Crippen LogP) is 1.71. The molecule has 1 fully saturated rings. The van der Waals surface area contributed by atoms with E-state index in [9.17, 15) is 9.59 Å². The van der Waals surface area contributed by atoms with E-state index in [0.29, 0.717) is 19.4 Å². The zero-order valence-corrected chi connectivity index (χ0v) is 11.9. The third kappa shape index (κ3) is 4.37. The van der Waals surface area contributed by atoms with Gasteiger partial charge in [0.05, 0.1) is 0 Å². The van der Waals surface area contributed by atoms with E-state index >= 15 is 0 Å². The van der Waals surface area contributed by atoms with Gasteiger partial charge >= 0.3 is 0 Å². The van der Waals surface area contributed by atoms with Crippen LogP contribution in [0.25, 0.3) is 0 Å². The van der Waals surface area contributed by atoms with E-state index in [2.05, 4.69) is 10.6 Å². The lowest BCUT2D eigenvalue weighted by molar-refractivity contribution is -0.128. The molecule has 0 aromatic heterocycles. The van der Waals surface area contributed by atoms with E-state index in [-0.39, 0.29) is 17.9 Å². The van der Waals surface area contributed by atoms with E-state index in [1.807, 2.05) is 31.2 Å². The van der Waals surface area contributed by atoms with Crippen molar-refractivity contribution in [2.45, 2.75) is 45.1 Å². The van der Waals surface area contributed by atoms with Gasteiger partial charge in [0, 0.05) is 13.0 Å². The highest BCUT2D eigenvalue weighted by atomic mass is 16.2. The molecule has 1 aliphatic heterocycles. The molecule has 1 aliphatic rings. The van der Waals surface area contributed by atoms with Gasteiger partial charge in [0.1, 0.15) is 6.04 Å². The molecule has 1 unspecified atom stereocenters. The fourth-order valence-electron chi connectivity index (χ4n) is 2.36. The summed E-state index contributed by atoms with van der Waals surface area (Å²) in [5.74, 6) is -0.0983. The van der Waals surface area contributed by atoms with Crippen LogP contribution in [0.4, 0.5) is 0 Å². The van der Waals surface area contributed by atoms with Gasteiger partial charge in [-0.3, -0.25) is 9.59 Å². The van der Waals surface area contributed by atoms with Crippen molar-refractivity contribution in [3.05, 3.63) is 35.4 Å². The van der Waals surface area contributed by atoms with Gasteiger partial charge in [-0.25, -0.2) is 0 Å². The van der Waals surface area contributed by atoms with E-state index in [1.54, 1.807) is 0 Å². The molecule has 2 N–H and O–H groups in total. The number of hydrogen-bond acceptors (Lipinski definition) is 2. The molecule has 1 aromatic carbocycles. The van der Waals surface area contributed by atoms with Crippen molar-refractivity contribution < 1.29 is 9.59 Å². The monoisotopic (exact) mass is 274 g/mol. The summed E-state index contributed by atoms with van der Waals surface area (Å²) in [4.78, 5) is 23.7. The largest absolute Gasteiger partial charge is 0.354 e. The predicted molar refractivity (Wildman–Crippen MR) is 78.3 cm³/mol. The lowest BCUT2D eigenvalue weighted by atomic mass is 10.1. The summed E-state index contributed by atoms with van der Waals surface area (Å²) < 4.78 is 0. The molecule has 0 saturated carbocycles. The van der Waals surface area contributed by atoms with Crippen molar-refractivity contribution in [2.24, 2.45) is 0 Å². The Labute approximate surface area is 119 Å². The molecule has 1 aromatic rings. The molecule has 108 valence electrons. The van der Waals surface area contributed by atoms with Crippen molar-refractivity contribution in [3.63, 3.8) is 0 Å². The number of rotatable bonds is 4. The Morgan fingerprint density at radius 2 is 2.05 bits per heavy atom. The first-order valence-electron chi connectivity index (χ1n) is 7.28. The second kappa shape index (κ2) is 7.08. The molecule has 1 atom stereocenters. The van der Waals surface area contributed by atoms with E-state index in [4.69, 9.17) is 0 Å². The Morgan fingerprint density at radius 3 is 2.80 bits per heavy atom. The minimum atomic E-state index is -0.358. The number of aryl methyl sites for hydroxylation is 2. The zero-order valence-electron chi connectivity index (χ0n) is 11.9. The summed E-state index contributed by atoms with van der Waals surface area (Å²) in [6.45, 7) is 2.76. The van der Waals surface area contributed by atoms with Crippen LogP contribution < -0.4 is 10.6 Å². The summed E-state index contributed by atoms with van der Waals surface area (Å²) >= 11 is 0.